The molecule has 0 bridgehead atoms. The number of aliphatic hydroxyl groups is 3. The minimum atomic E-state index is -2.30. The molecule has 9 heteroatoms. The summed E-state index contributed by atoms with van der Waals surface area (Å²) in [6.07, 6.45) is -3.24. The molecule has 2 rings (SSSR count). The first-order chi connectivity index (χ1) is 12.2. The van der Waals surface area contributed by atoms with Crippen molar-refractivity contribution in [3.8, 4) is 11.5 Å². The molecule has 0 radical (unpaired) electrons. The third-order valence-electron chi connectivity index (χ3n) is 4.14. The number of rotatable bonds is 5. The number of aliphatic carboxylic acids is 1. The number of hydrogen-bond donors (Lipinski definition) is 5. The van der Waals surface area contributed by atoms with E-state index in [0.717, 1.165) is 6.08 Å². The molecule has 1 aliphatic rings. The Morgan fingerprint density at radius 1 is 1.27 bits per heavy atom. The third kappa shape index (κ3) is 4.31. The van der Waals surface area contributed by atoms with Crippen molar-refractivity contribution >= 4 is 18.0 Å². The predicted molar refractivity (Wildman–Crippen MR) is 87.4 cm³/mol. The van der Waals surface area contributed by atoms with Crippen LogP contribution in [-0.2, 0) is 14.3 Å². The molecule has 5 N–H and O–H groups in total. The number of carbonyl (C=O) groups excluding carboxylic acids is 1. The first-order valence-electron chi connectivity index (χ1n) is 7.74. The first-order valence-corrected chi connectivity index (χ1v) is 7.74. The van der Waals surface area contributed by atoms with Gasteiger partial charge in [-0.3, -0.25) is 0 Å². The van der Waals surface area contributed by atoms with Gasteiger partial charge in [0.05, 0.1) is 13.2 Å². The number of methoxy groups -OCH3 is 1. The van der Waals surface area contributed by atoms with Crippen molar-refractivity contribution in [1.29, 1.82) is 0 Å². The summed E-state index contributed by atoms with van der Waals surface area (Å²) in [4.78, 5) is 23.0. The summed E-state index contributed by atoms with van der Waals surface area (Å²) < 4.78 is 9.87. The minimum absolute atomic E-state index is 0.125. The van der Waals surface area contributed by atoms with Crippen molar-refractivity contribution in [3.05, 3.63) is 29.8 Å². The van der Waals surface area contributed by atoms with Crippen LogP contribution < -0.4 is 4.74 Å². The van der Waals surface area contributed by atoms with Crippen molar-refractivity contribution in [3.63, 3.8) is 0 Å². The fourth-order valence-electron chi connectivity index (χ4n) is 2.70. The van der Waals surface area contributed by atoms with Crippen LogP contribution in [0.2, 0.25) is 0 Å². The molecule has 0 amide bonds. The summed E-state index contributed by atoms with van der Waals surface area (Å²) in [5, 5.41) is 48.3. The molecule has 142 valence electrons. The number of aromatic hydroxyl groups is 1. The molecule has 1 aromatic carbocycles. The van der Waals surface area contributed by atoms with Gasteiger partial charge in [0.15, 0.2) is 17.1 Å². The Labute approximate surface area is 148 Å². The van der Waals surface area contributed by atoms with Crippen molar-refractivity contribution in [2.45, 2.75) is 36.8 Å². The highest BCUT2D eigenvalue weighted by atomic mass is 16.6. The van der Waals surface area contributed by atoms with Gasteiger partial charge < -0.3 is 35.0 Å². The zero-order valence-electron chi connectivity index (χ0n) is 13.9. The Morgan fingerprint density at radius 3 is 2.54 bits per heavy atom. The number of benzene rings is 1. The molecule has 1 aliphatic carbocycles. The van der Waals surface area contributed by atoms with E-state index in [1.165, 1.54) is 25.3 Å². The normalized spacial score (nSPS) is 28.7. The van der Waals surface area contributed by atoms with Gasteiger partial charge in [-0.2, -0.15) is 0 Å². The van der Waals surface area contributed by atoms with Crippen molar-refractivity contribution in [2.24, 2.45) is 0 Å². The summed E-state index contributed by atoms with van der Waals surface area (Å²) >= 11 is 0. The Hall–Kier alpha value is -2.62. The molecule has 0 saturated heterocycles. The molecule has 26 heavy (non-hydrogen) atoms. The largest absolute Gasteiger partial charge is 0.504 e. The number of carbonyl (C=O) groups is 2. The van der Waals surface area contributed by atoms with Crippen LogP contribution in [0.15, 0.2) is 24.3 Å². The van der Waals surface area contributed by atoms with E-state index in [9.17, 15) is 30.0 Å². The van der Waals surface area contributed by atoms with Crippen molar-refractivity contribution < 1.29 is 44.6 Å². The molecule has 0 spiro atoms. The van der Waals surface area contributed by atoms with E-state index in [4.69, 9.17) is 14.6 Å². The average molecular weight is 368 g/mol. The fourth-order valence-corrected chi connectivity index (χ4v) is 2.70. The second kappa shape index (κ2) is 7.73. The molecule has 1 saturated carbocycles. The number of ether oxygens (including phenoxy) is 2. The molecule has 9 nitrogen and oxygen atoms in total. The molecule has 0 aromatic heterocycles. The van der Waals surface area contributed by atoms with Gasteiger partial charge in [-0.25, -0.2) is 9.59 Å². The van der Waals surface area contributed by atoms with Crippen LogP contribution in [0.4, 0.5) is 0 Å². The van der Waals surface area contributed by atoms with Gasteiger partial charge in [-0.1, -0.05) is 6.07 Å². The smallest absolute Gasteiger partial charge is 0.335 e. The zero-order chi connectivity index (χ0) is 19.5. The van der Waals surface area contributed by atoms with E-state index in [1.54, 1.807) is 6.07 Å². The number of aliphatic hydroxyl groups excluding tert-OH is 2. The van der Waals surface area contributed by atoms with Crippen LogP contribution in [0.3, 0.4) is 0 Å². The summed E-state index contributed by atoms with van der Waals surface area (Å²) in [5.74, 6) is -2.35. The maximum absolute atomic E-state index is 11.9. The number of carboxylic acid groups (broad SMARTS) is 1. The highest BCUT2D eigenvalue weighted by Gasteiger charge is 2.50. The van der Waals surface area contributed by atoms with Gasteiger partial charge >= 0.3 is 11.9 Å². The Kier molecular flexibility index (Phi) is 5.86. The standard InChI is InChI=1S/C17H20O9/c1-25-12-4-2-9(6-10(12)18)3-5-14(20)26-13-8-17(24,16(22)23)7-11(19)15(13)21/h2-6,11,13,15,18-19,21,24H,7-8H2,1H3,(H,22,23)/b5-3+/t11-,13-,15+,17-/m1/s1. The molecule has 0 aliphatic heterocycles. The van der Waals surface area contributed by atoms with E-state index >= 15 is 0 Å². The lowest BCUT2D eigenvalue weighted by atomic mass is 9.79. The van der Waals surface area contributed by atoms with E-state index < -0.39 is 48.7 Å². The van der Waals surface area contributed by atoms with E-state index in [-0.39, 0.29) is 11.5 Å². The number of hydrogen-bond acceptors (Lipinski definition) is 8. The molecule has 0 unspecified atom stereocenters. The maximum Gasteiger partial charge on any atom is 0.335 e. The Morgan fingerprint density at radius 2 is 1.96 bits per heavy atom. The topological polar surface area (TPSA) is 154 Å². The molecule has 1 fully saturated rings. The summed E-state index contributed by atoms with van der Waals surface area (Å²) in [7, 11) is 1.39. The monoisotopic (exact) mass is 368 g/mol. The second-order valence-corrected chi connectivity index (χ2v) is 6.04. The first kappa shape index (κ1) is 19.7. The minimum Gasteiger partial charge on any atom is -0.504 e. The van der Waals surface area contributed by atoms with Crippen LogP contribution in [0, 0.1) is 0 Å². The highest BCUT2D eigenvalue weighted by Crippen LogP contribution is 2.31. The number of esters is 1. The van der Waals surface area contributed by atoms with Crippen LogP contribution >= 0.6 is 0 Å². The zero-order valence-corrected chi connectivity index (χ0v) is 13.9. The van der Waals surface area contributed by atoms with Gasteiger partial charge in [-0.05, 0) is 23.8 Å². The van der Waals surface area contributed by atoms with Gasteiger partial charge in [0.25, 0.3) is 0 Å². The van der Waals surface area contributed by atoms with Crippen LogP contribution in [0.5, 0.6) is 11.5 Å². The van der Waals surface area contributed by atoms with Gasteiger partial charge in [0.1, 0.15) is 12.2 Å². The van der Waals surface area contributed by atoms with E-state index in [0.29, 0.717) is 5.56 Å². The van der Waals surface area contributed by atoms with Crippen LogP contribution in [0.25, 0.3) is 6.08 Å². The molecule has 4 atom stereocenters. The summed E-state index contributed by atoms with van der Waals surface area (Å²) in [6.45, 7) is 0. The van der Waals surface area contributed by atoms with E-state index in [2.05, 4.69) is 0 Å². The van der Waals surface area contributed by atoms with Crippen molar-refractivity contribution in [1.82, 2.24) is 0 Å². The SMILES string of the molecule is COc1ccc(/C=C/C(=O)O[C@@H]2C[C@@](O)(C(=O)O)C[C@@H](O)[C@@H]2O)cc1O. The van der Waals surface area contributed by atoms with Gasteiger partial charge in [0, 0.05) is 18.9 Å². The van der Waals surface area contributed by atoms with Gasteiger partial charge in [0.2, 0.25) is 0 Å². The highest BCUT2D eigenvalue weighted by molar-refractivity contribution is 5.87. The Balaban J connectivity index is 2.06. The second-order valence-electron chi connectivity index (χ2n) is 6.04. The number of carboxylic acids is 1. The average Bonchev–Trinajstić information content (AvgIpc) is 2.57. The predicted octanol–water partition coefficient (Wildman–Crippen LogP) is -0.343. The van der Waals surface area contributed by atoms with E-state index in [1.807, 2.05) is 0 Å². The van der Waals surface area contributed by atoms with Crippen LogP contribution in [-0.4, -0.2) is 68.5 Å². The quantitative estimate of drug-likeness (QED) is 0.347. The molecular weight excluding hydrogens is 348 g/mol. The van der Waals surface area contributed by atoms with Gasteiger partial charge in [-0.15, -0.1) is 0 Å². The molecule has 1 aromatic rings. The fraction of sp³-hybridized carbons (Fsp3) is 0.412. The lowest BCUT2D eigenvalue weighted by Gasteiger charge is -2.39. The molecule has 0 heterocycles. The van der Waals surface area contributed by atoms with Crippen LogP contribution in [0.1, 0.15) is 18.4 Å². The van der Waals surface area contributed by atoms with Crippen molar-refractivity contribution in [2.75, 3.05) is 7.11 Å². The summed E-state index contributed by atoms with van der Waals surface area (Å²) in [6, 6.07) is 4.42. The number of phenolic OH excluding ortho intramolecular Hbond substituents is 1. The number of phenols is 1. The molecular formula is C17H20O9. The third-order valence-corrected chi connectivity index (χ3v) is 4.14. The maximum atomic E-state index is 11.9. The summed E-state index contributed by atoms with van der Waals surface area (Å²) in [5.41, 5.74) is -1.83. The lowest BCUT2D eigenvalue weighted by molar-refractivity contribution is -0.196. The lowest BCUT2D eigenvalue weighted by Crippen LogP contribution is -2.57. The Bertz CT molecular complexity index is 714.